The minimum absolute atomic E-state index is 0.0128. The summed E-state index contributed by atoms with van der Waals surface area (Å²) in [7, 11) is 0. The van der Waals surface area contributed by atoms with Gasteiger partial charge in [-0.2, -0.15) is 0 Å². The highest BCUT2D eigenvalue weighted by Gasteiger charge is 2.24. The number of carbonyl (C=O) groups excluding carboxylic acids is 1. The Morgan fingerprint density at radius 1 is 1.08 bits per heavy atom. The van der Waals surface area contributed by atoms with Crippen molar-refractivity contribution in [1.82, 2.24) is 20.1 Å². The topological polar surface area (TPSA) is 48.5 Å². The molecule has 2 amide bonds. The molecule has 5 nitrogen and oxygen atoms in total. The highest BCUT2D eigenvalue weighted by atomic mass is 16.2. The van der Waals surface area contributed by atoms with Crippen molar-refractivity contribution in [2.24, 2.45) is 0 Å². The van der Waals surface area contributed by atoms with Crippen molar-refractivity contribution >= 4 is 6.03 Å². The minimum atomic E-state index is 0.0128. The molecule has 0 bridgehead atoms. The predicted molar refractivity (Wildman–Crippen MR) is 94.5 cm³/mol. The van der Waals surface area contributed by atoms with E-state index in [9.17, 15) is 4.79 Å². The summed E-state index contributed by atoms with van der Waals surface area (Å²) in [6.07, 6.45) is 3.48. The van der Waals surface area contributed by atoms with E-state index in [2.05, 4.69) is 46.4 Å². The van der Waals surface area contributed by atoms with Crippen molar-refractivity contribution < 1.29 is 4.79 Å². The zero-order valence-electron chi connectivity index (χ0n) is 14.1. The maximum absolute atomic E-state index is 12.3. The Morgan fingerprint density at radius 2 is 1.75 bits per heavy atom. The number of nitrogens with zero attached hydrogens (tertiary/aromatic N) is 3. The number of urea groups is 1. The summed E-state index contributed by atoms with van der Waals surface area (Å²) in [6, 6.07) is 14.8. The molecule has 2 heterocycles. The highest BCUT2D eigenvalue weighted by molar-refractivity contribution is 5.74. The third kappa shape index (κ3) is 4.11. The van der Waals surface area contributed by atoms with Gasteiger partial charge in [0.15, 0.2) is 0 Å². The third-order valence-electron chi connectivity index (χ3n) is 4.62. The van der Waals surface area contributed by atoms with E-state index in [0.29, 0.717) is 12.6 Å². The molecule has 1 unspecified atom stereocenters. The van der Waals surface area contributed by atoms with Crippen LogP contribution in [-0.2, 0) is 6.54 Å². The van der Waals surface area contributed by atoms with E-state index in [1.165, 1.54) is 5.56 Å². The molecule has 0 aliphatic carbocycles. The quantitative estimate of drug-likeness (QED) is 0.940. The number of aromatic nitrogens is 1. The first-order valence-electron chi connectivity index (χ1n) is 8.45. The lowest BCUT2D eigenvalue weighted by atomic mass is 10.1. The monoisotopic (exact) mass is 324 g/mol. The molecule has 1 aliphatic heterocycles. The van der Waals surface area contributed by atoms with Gasteiger partial charge in [-0.05, 0) is 30.2 Å². The fraction of sp³-hybridized carbons (Fsp3) is 0.368. The number of carbonyl (C=O) groups is 1. The van der Waals surface area contributed by atoms with E-state index in [4.69, 9.17) is 0 Å². The maximum atomic E-state index is 12.3. The van der Waals surface area contributed by atoms with Crippen LogP contribution in [0, 0.1) is 0 Å². The van der Waals surface area contributed by atoms with Gasteiger partial charge >= 0.3 is 6.03 Å². The first-order chi connectivity index (χ1) is 11.7. The number of hydrogen-bond donors (Lipinski definition) is 1. The van der Waals surface area contributed by atoms with E-state index in [0.717, 1.165) is 31.7 Å². The Bertz CT molecular complexity index is 639. The summed E-state index contributed by atoms with van der Waals surface area (Å²) >= 11 is 0. The van der Waals surface area contributed by atoms with Crippen LogP contribution in [0.1, 0.15) is 24.1 Å². The largest absolute Gasteiger partial charge is 0.334 e. The Balaban J connectivity index is 1.47. The molecule has 1 aliphatic rings. The number of nitrogens with one attached hydrogen (secondary N) is 1. The fourth-order valence-electron chi connectivity index (χ4n) is 3.04. The second-order valence-corrected chi connectivity index (χ2v) is 6.12. The van der Waals surface area contributed by atoms with Gasteiger partial charge in [-0.1, -0.05) is 30.3 Å². The Labute approximate surface area is 143 Å². The van der Waals surface area contributed by atoms with Crippen LogP contribution in [0.15, 0.2) is 54.9 Å². The van der Waals surface area contributed by atoms with Crippen LogP contribution in [0.25, 0.3) is 0 Å². The van der Waals surface area contributed by atoms with Crippen LogP contribution in [0.4, 0.5) is 4.79 Å². The lowest BCUT2D eigenvalue weighted by Gasteiger charge is -2.38. The standard InChI is InChI=1S/C19H24N4O/c1-16(18-5-3-2-4-6-18)22-11-13-23(14-12-22)19(24)21-15-17-7-9-20-10-8-17/h2-10,16H,11-15H2,1H3,(H,21,24). The maximum Gasteiger partial charge on any atom is 0.317 e. The second-order valence-electron chi connectivity index (χ2n) is 6.12. The van der Waals surface area contributed by atoms with E-state index < -0.39 is 0 Å². The molecular formula is C19H24N4O. The number of hydrogen-bond acceptors (Lipinski definition) is 3. The lowest BCUT2D eigenvalue weighted by Crippen LogP contribution is -2.52. The number of rotatable bonds is 4. The summed E-state index contributed by atoms with van der Waals surface area (Å²) in [5, 5.41) is 2.99. The molecule has 1 saturated heterocycles. The molecule has 0 saturated carbocycles. The first-order valence-corrected chi connectivity index (χ1v) is 8.45. The van der Waals surface area contributed by atoms with E-state index >= 15 is 0 Å². The van der Waals surface area contributed by atoms with Gasteiger partial charge in [0.1, 0.15) is 0 Å². The van der Waals surface area contributed by atoms with Crippen LogP contribution in [-0.4, -0.2) is 47.0 Å². The zero-order valence-corrected chi connectivity index (χ0v) is 14.1. The van der Waals surface area contributed by atoms with E-state index in [1.807, 2.05) is 23.1 Å². The Kier molecular flexibility index (Phi) is 5.43. The summed E-state index contributed by atoms with van der Waals surface area (Å²) < 4.78 is 0. The summed E-state index contributed by atoms with van der Waals surface area (Å²) in [4.78, 5) is 20.6. The average Bonchev–Trinajstić information content (AvgIpc) is 2.67. The van der Waals surface area contributed by atoms with Gasteiger partial charge in [0.25, 0.3) is 0 Å². The van der Waals surface area contributed by atoms with Gasteiger partial charge in [-0.3, -0.25) is 9.88 Å². The molecule has 2 aromatic rings. The molecule has 1 fully saturated rings. The Hall–Kier alpha value is -2.40. The van der Waals surface area contributed by atoms with Crippen molar-refractivity contribution in [3.8, 4) is 0 Å². The molecule has 1 aromatic heterocycles. The molecule has 1 aromatic carbocycles. The second kappa shape index (κ2) is 7.93. The molecular weight excluding hydrogens is 300 g/mol. The summed E-state index contributed by atoms with van der Waals surface area (Å²) in [6.45, 7) is 6.10. The predicted octanol–water partition coefficient (Wildman–Crippen LogP) is 2.67. The molecule has 1 atom stereocenters. The van der Waals surface area contributed by atoms with E-state index in [1.54, 1.807) is 12.4 Å². The van der Waals surface area contributed by atoms with Gasteiger partial charge in [0.2, 0.25) is 0 Å². The Morgan fingerprint density at radius 3 is 2.42 bits per heavy atom. The van der Waals surface area contributed by atoms with Gasteiger partial charge in [-0.25, -0.2) is 4.79 Å². The smallest absolute Gasteiger partial charge is 0.317 e. The highest BCUT2D eigenvalue weighted by Crippen LogP contribution is 2.21. The van der Waals surface area contributed by atoms with Gasteiger partial charge in [0.05, 0.1) is 0 Å². The van der Waals surface area contributed by atoms with Crippen molar-refractivity contribution in [3.63, 3.8) is 0 Å². The van der Waals surface area contributed by atoms with Crippen LogP contribution in [0.3, 0.4) is 0 Å². The number of pyridine rings is 1. The summed E-state index contributed by atoms with van der Waals surface area (Å²) in [5.41, 5.74) is 2.39. The van der Waals surface area contributed by atoms with Crippen LogP contribution < -0.4 is 5.32 Å². The first kappa shape index (κ1) is 16.5. The van der Waals surface area contributed by atoms with Crippen LogP contribution in [0.2, 0.25) is 0 Å². The van der Waals surface area contributed by atoms with Gasteiger partial charge in [0, 0.05) is 51.2 Å². The van der Waals surface area contributed by atoms with Crippen molar-refractivity contribution in [2.75, 3.05) is 26.2 Å². The molecule has 5 heteroatoms. The van der Waals surface area contributed by atoms with E-state index in [-0.39, 0.29) is 6.03 Å². The third-order valence-corrected chi connectivity index (χ3v) is 4.62. The molecule has 24 heavy (non-hydrogen) atoms. The van der Waals surface area contributed by atoms with Crippen LogP contribution in [0.5, 0.6) is 0 Å². The molecule has 0 spiro atoms. The van der Waals surface area contributed by atoms with Crippen molar-refractivity contribution in [1.29, 1.82) is 0 Å². The minimum Gasteiger partial charge on any atom is -0.334 e. The summed E-state index contributed by atoms with van der Waals surface area (Å²) in [5.74, 6) is 0. The molecule has 126 valence electrons. The zero-order chi connectivity index (χ0) is 16.8. The number of amides is 2. The molecule has 0 radical (unpaired) electrons. The SMILES string of the molecule is CC(c1ccccc1)N1CCN(C(=O)NCc2ccncc2)CC1. The number of benzene rings is 1. The van der Waals surface area contributed by atoms with Gasteiger partial charge < -0.3 is 10.2 Å². The van der Waals surface area contributed by atoms with Crippen molar-refractivity contribution in [2.45, 2.75) is 19.5 Å². The van der Waals surface area contributed by atoms with Crippen molar-refractivity contribution in [3.05, 3.63) is 66.0 Å². The van der Waals surface area contributed by atoms with Crippen LogP contribution >= 0.6 is 0 Å². The normalized spacial score (nSPS) is 16.6. The fourth-order valence-corrected chi connectivity index (χ4v) is 3.04. The molecule has 1 N–H and O–H groups in total. The number of piperazine rings is 1. The lowest BCUT2D eigenvalue weighted by molar-refractivity contribution is 0.114. The van der Waals surface area contributed by atoms with Gasteiger partial charge in [-0.15, -0.1) is 0 Å². The average molecular weight is 324 g/mol. The molecule has 3 rings (SSSR count).